The van der Waals surface area contributed by atoms with E-state index in [1.807, 2.05) is 13.1 Å². The number of hydrogen-bond acceptors (Lipinski definition) is 5. The van der Waals surface area contributed by atoms with Crippen LogP contribution in [-0.2, 0) is 6.42 Å². The molecule has 0 aliphatic carbocycles. The molecule has 0 saturated carbocycles. The topological polar surface area (TPSA) is 88.9 Å². The van der Waals surface area contributed by atoms with Gasteiger partial charge in [0.05, 0.1) is 23.4 Å². The zero-order chi connectivity index (χ0) is 14.0. The predicted molar refractivity (Wildman–Crippen MR) is 77.6 cm³/mol. The predicted octanol–water partition coefficient (Wildman–Crippen LogP) is 0.815. The lowest BCUT2D eigenvalue weighted by atomic mass is 9.96. The van der Waals surface area contributed by atoms with Crippen molar-refractivity contribution in [2.75, 3.05) is 25.6 Å². The summed E-state index contributed by atoms with van der Waals surface area (Å²) in [6, 6.07) is 1.93. The van der Waals surface area contributed by atoms with Crippen LogP contribution in [0.5, 0.6) is 5.75 Å². The summed E-state index contributed by atoms with van der Waals surface area (Å²) in [6.45, 7) is 0.953. The lowest BCUT2D eigenvalue weighted by Crippen LogP contribution is -2.30. The molecule has 2 rings (SSSR count). The summed E-state index contributed by atoms with van der Waals surface area (Å²) in [5, 5.41) is 4.37. The molecule has 1 aromatic rings. The standard InChI is InChI=1S/C12H18ClN5O/c1-18-5-3-4-7-6-8(13)11(19-2)9(10(7)18)12(14)16-17-15/h6,17H,3-5,15H2,1-2H3,(H2,14,16). The number of hydrazine groups is 1. The van der Waals surface area contributed by atoms with Crippen molar-refractivity contribution in [2.24, 2.45) is 16.7 Å². The minimum Gasteiger partial charge on any atom is -0.494 e. The number of hydrazone groups is 1. The number of fused-ring (bicyclic) bond motifs is 1. The molecule has 1 aliphatic heterocycles. The third-order valence-corrected chi connectivity index (χ3v) is 3.53. The Balaban J connectivity index is 2.72. The molecule has 0 aromatic heterocycles. The number of ether oxygens (including phenoxy) is 1. The molecular weight excluding hydrogens is 266 g/mol. The Kier molecular flexibility index (Phi) is 4.01. The Labute approximate surface area is 117 Å². The molecule has 0 atom stereocenters. The van der Waals surface area contributed by atoms with Crippen LogP contribution >= 0.6 is 11.6 Å². The first-order valence-electron chi connectivity index (χ1n) is 5.99. The number of nitrogens with one attached hydrogen (secondary N) is 1. The smallest absolute Gasteiger partial charge is 0.158 e. The normalized spacial score (nSPS) is 15.2. The highest BCUT2D eigenvalue weighted by molar-refractivity contribution is 6.33. The minimum absolute atomic E-state index is 0.256. The first kappa shape index (κ1) is 13.8. The van der Waals surface area contributed by atoms with E-state index in [0.29, 0.717) is 16.3 Å². The molecule has 6 nitrogen and oxygen atoms in total. The Morgan fingerprint density at radius 2 is 2.32 bits per heavy atom. The Morgan fingerprint density at radius 1 is 1.58 bits per heavy atom. The highest BCUT2D eigenvalue weighted by Crippen LogP contribution is 2.40. The van der Waals surface area contributed by atoms with E-state index in [2.05, 4.69) is 15.5 Å². The number of aryl methyl sites for hydroxylation is 1. The van der Waals surface area contributed by atoms with Gasteiger partial charge in [-0.25, -0.2) is 11.4 Å². The highest BCUT2D eigenvalue weighted by atomic mass is 35.5. The maximum atomic E-state index is 6.25. The number of anilines is 1. The molecular formula is C12H18ClN5O. The Bertz CT molecular complexity index is 517. The van der Waals surface area contributed by atoms with Gasteiger partial charge in [0.25, 0.3) is 0 Å². The third-order valence-electron chi connectivity index (χ3n) is 3.25. The average Bonchev–Trinajstić information content (AvgIpc) is 2.37. The van der Waals surface area contributed by atoms with Crippen LogP contribution in [-0.4, -0.2) is 26.5 Å². The molecule has 0 bridgehead atoms. The number of benzene rings is 1. The molecule has 104 valence electrons. The van der Waals surface area contributed by atoms with E-state index in [9.17, 15) is 0 Å². The van der Waals surface area contributed by atoms with Crippen LogP contribution in [0, 0.1) is 0 Å². The van der Waals surface area contributed by atoms with Gasteiger partial charge in [0.2, 0.25) is 0 Å². The molecule has 0 fully saturated rings. The van der Waals surface area contributed by atoms with Crippen LogP contribution in [0.4, 0.5) is 5.69 Å². The summed E-state index contributed by atoms with van der Waals surface area (Å²) in [5.41, 5.74) is 11.0. The fourth-order valence-electron chi connectivity index (χ4n) is 2.48. The van der Waals surface area contributed by atoms with Gasteiger partial charge in [0, 0.05) is 13.6 Å². The summed E-state index contributed by atoms with van der Waals surface area (Å²) >= 11 is 6.25. The molecule has 1 heterocycles. The molecule has 0 radical (unpaired) electrons. The Morgan fingerprint density at radius 3 is 2.95 bits per heavy atom. The summed E-state index contributed by atoms with van der Waals surface area (Å²) in [4.78, 5) is 2.13. The fourth-order valence-corrected chi connectivity index (χ4v) is 2.79. The van der Waals surface area contributed by atoms with Crippen LogP contribution in [0.25, 0.3) is 0 Å². The molecule has 0 saturated heterocycles. The zero-order valence-corrected chi connectivity index (χ0v) is 11.8. The summed E-state index contributed by atoms with van der Waals surface area (Å²) in [7, 11) is 3.57. The second-order valence-electron chi connectivity index (χ2n) is 4.43. The van der Waals surface area contributed by atoms with Crippen LogP contribution in [0.2, 0.25) is 5.02 Å². The minimum atomic E-state index is 0.256. The quantitative estimate of drug-likeness (QED) is 0.331. The lowest BCUT2D eigenvalue weighted by molar-refractivity contribution is 0.413. The van der Waals surface area contributed by atoms with Gasteiger partial charge in [-0.05, 0) is 24.5 Å². The number of halogens is 1. The SMILES string of the molecule is COc1c(Cl)cc2c(c1/C(N)=N/NN)N(C)CCC2. The van der Waals surface area contributed by atoms with E-state index >= 15 is 0 Å². The van der Waals surface area contributed by atoms with Crippen molar-refractivity contribution in [1.82, 2.24) is 5.53 Å². The first-order chi connectivity index (χ1) is 9.10. The number of nitrogens with zero attached hydrogens (tertiary/aromatic N) is 2. The third kappa shape index (κ3) is 2.41. The molecule has 1 aromatic carbocycles. The van der Waals surface area contributed by atoms with Crippen molar-refractivity contribution in [1.29, 1.82) is 0 Å². The maximum absolute atomic E-state index is 6.25. The highest BCUT2D eigenvalue weighted by Gasteiger charge is 2.25. The first-order valence-corrected chi connectivity index (χ1v) is 6.37. The van der Waals surface area contributed by atoms with Gasteiger partial charge in [-0.2, -0.15) is 0 Å². The van der Waals surface area contributed by atoms with E-state index in [-0.39, 0.29) is 5.84 Å². The van der Waals surface area contributed by atoms with Crippen LogP contribution in [0.3, 0.4) is 0 Å². The van der Waals surface area contributed by atoms with E-state index in [0.717, 1.165) is 30.6 Å². The summed E-state index contributed by atoms with van der Waals surface area (Å²) in [6.07, 6.45) is 2.04. The number of hydrogen-bond donors (Lipinski definition) is 3. The van der Waals surface area contributed by atoms with Crippen molar-refractivity contribution in [3.63, 3.8) is 0 Å². The molecule has 7 heteroatoms. The fraction of sp³-hybridized carbons (Fsp3) is 0.417. The zero-order valence-electron chi connectivity index (χ0n) is 11.0. The second-order valence-corrected chi connectivity index (χ2v) is 4.83. The van der Waals surface area contributed by atoms with E-state index in [4.69, 9.17) is 27.9 Å². The van der Waals surface area contributed by atoms with Crippen molar-refractivity contribution in [3.8, 4) is 5.75 Å². The number of nitrogens with two attached hydrogens (primary N) is 2. The van der Waals surface area contributed by atoms with Gasteiger partial charge in [0.15, 0.2) is 11.6 Å². The maximum Gasteiger partial charge on any atom is 0.158 e. The number of methoxy groups -OCH3 is 1. The molecule has 1 aliphatic rings. The molecule has 0 spiro atoms. The van der Waals surface area contributed by atoms with Gasteiger partial charge in [0.1, 0.15) is 0 Å². The summed E-state index contributed by atoms with van der Waals surface area (Å²) in [5.74, 6) is 5.98. The van der Waals surface area contributed by atoms with Crippen LogP contribution in [0.1, 0.15) is 17.5 Å². The largest absolute Gasteiger partial charge is 0.494 e. The molecule has 5 N–H and O–H groups in total. The van der Waals surface area contributed by atoms with E-state index < -0.39 is 0 Å². The van der Waals surface area contributed by atoms with Crippen LogP contribution in [0.15, 0.2) is 11.2 Å². The van der Waals surface area contributed by atoms with Gasteiger partial charge < -0.3 is 15.4 Å². The van der Waals surface area contributed by atoms with Crippen molar-refractivity contribution in [2.45, 2.75) is 12.8 Å². The van der Waals surface area contributed by atoms with E-state index in [1.165, 1.54) is 0 Å². The summed E-state index contributed by atoms with van der Waals surface area (Å²) < 4.78 is 5.37. The average molecular weight is 284 g/mol. The Hall–Kier alpha value is -1.66. The number of rotatable bonds is 3. The molecule has 0 unspecified atom stereocenters. The van der Waals surface area contributed by atoms with Gasteiger partial charge in [-0.3, -0.25) is 0 Å². The van der Waals surface area contributed by atoms with Crippen molar-refractivity contribution in [3.05, 3.63) is 22.2 Å². The monoisotopic (exact) mass is 283 g/mol. The lowest BCUT2D eigenvalue weighted by Gasteiger charge is -2.31. The van der Waals surface area contributed by atoms with Gasteiger partial charge >= 0.3 is 0 Å². The van der Waals surface area contributed by atoms with Crippen molar-refractivity contribution >= 4 is 23.1 Å². The molecule has 0 amide bonds. The second kappa shape index (κ2) is 5.54. The molecule has 19 heavy (non-hydrogen) atoms. The van der Waals surface area contributed by atoms with Crippen molar-refractivity contribution < 1.29 is 4.74 Å². The van der Waals surface area contributed by atoms with Gasteiger partial charge in [-0.1, -0.05) is 11.6 Å². The van der Waals surface area contributed by atoms with E-state index in [1.54, 1.807) is 7.11 Å². The van der Waals surface area contributed by atoms with Gasteiger partial charge in [-0.15, -0.1) is 5.10 Å². The van der Waals surface area contributed by atoms with Crippen LogP contribution < -0.4 is 26.7 Å². The number of amidine groups is 1.